The Morgan fingerprint density at radius 3 is 2.37 bits per heavy atom. The van der Waals surface area contributed by atoms with Crippen molar-refractivity contribution in [3.05, 3.63) is 42.9 Å². The van der Waals surface area contributed by atoms with Crippen LogP contribution in [-0.4, -0.2) is 49.2 Å². The van der Waals surface area contributed by atoms with Gasteiger partial charge in [0.25, 0.3) is 0 Å². The van der Waals surface area contributed by atoms with Gasteiger partial charge in [-0.05, 0) is 42.1 Å². The molecule has 1 aromatic rings. The lowest BCUT2D eigenvalue weighted by Crippen LogP contribution is -2.60. The number of benzene rings is 1. The van der Waals surface area contributed by atoms with Gasteiger partial charge in [-0.1, -0.05) is 44.2 Å². The van der Waals surface area contributed by atoms with Crippen LogP contribution in [0.25, 0.3) is 0 Å². The fraction of sp³-hybridized carbons (Fsp3) is 0.609. The van der Waals surface area contributed by atoms with Gasteiger partial charge in [0.15, 0.2) is 19.1 Å². The largest absolute Gasteiger partial charge is 0.633 e. The molecule has 5 aliphatic rings. The van der Waals surface area contributed by atoms with E-state index in [1.807, 2.05) is 30.3 Å². The molecule has 7 heteroatoms. The summed E-state index contributed by atoms with van der Waals surface area (Å²) in [4.78, 5) is 25.4. The summed E-state index contributed by atoms with van der Waals surface area (Å²) in [5.74, 6) is 1.17. The molecule has 160 valence electrons. The average Bonchev–Trinajstić information content (AvgIpc) is 3.47. The van der Waals surface area contributed by atoms with Gasteiger partial charge >= 0.3 is 19.1 Å². The number of nitrogens with zero attached hydrogens (tertiary/aromatic N) is 1. The first-order valence-electron chi connectivity index (χ1n) is 11.0. The van der Waals surface area contributed by atoms with E-state index in [-0.39, 0.29) is 35.6 Å². The van der Waals surface area contributed by atoms with E-state index in [1.165, 1.54) is 12.8 Å². The number of hydrogen-bond donors (Lipinski definition) is 0. The first-order valence-corrected chi connectivity index (χ1v) is 11.0. The molecule has 3 aliphatic carbocycles. The summed E-state index contributed by atoms with van der Waals surface area (Å²) >= 11 is 0. The molecule has 2 unspecified atom stereocenters. The van der Waals surface area contributed by atoms with Crippen molar-refractivity contribution in [2.45, 2.75) is 45.2 Å². The minimum Gasteiger partial charge on any atom is -0.493 e. The molecule has 3 saturated carbocycles. The number of epoxide rings is 1. The maximum atomic E-state index is 12.7. The summed E-state index contributed by atoms with van der Waals surface area (Å²) in [6, 6.07) is 9.24. The molecule has 5 atom stereocenters. The van der Waals surface area contributed by atoms with Crippen LogP contribution in [0, 0.1) is 30.2 Å². The number of carbonyl (C=O) groups excluding carboxylic acids is 2. The van der Waals surface area contributed by atoms with Crippen LogP contribution in [0.15, 0.2) is 30.3 Å². The van der Waals surface area contributed by atoms with Crippen LogP contribution >= 0.6 is 0 Å². The molecule has 2 saturated heterocycles. The van der Waals surface area contributed by atoms with Crippen LogP contribution in [0.5, 0.6) is 0 Å². The highest BCUT2D eigenvalue weighted by Gasteiger charge is 2.58. The Hall–Kier alpha value is -1.86. The van der Waals surface area contributed by atoms with Gasteiger partial charge in [-0.3, -0.25) is 0 Å². The number of carbonyl (C=O) groups is 2. The molecule has 2 aliphatic heterocycles. The summed E-state index contributed by atoms with van der Waals surface area (Å²) < 4.78 is 16.9. The predicted octanol–water partition coefficient (Wildman–Crippen LogP) is 2.93. The highest BCUT2D eigenvalue weighted by Crippen LogP contribution is 2.61. The number of quaternary nitrogens is 1. The molecule has 0 N–H and O–H groups in total. The van der Waals surface area contributed by atoms with Gasteiger partial charge < -0.3 is 18.5 Å². The van der Waals surface area contributed by atoms with Crippen molar-refractivity contribution in [3.8, 4) is 0 Å². The first kappa shape index (κ1) is 20.1. The predicted molar refractivity (Wildman–Crippen MR) is 110 cm³/mol. The van der Waals surface area contributed by atoms with Crippen LogP contribution in [0.4, 0.5) is 0 Å². The van der Waals surface area contributed by atoms with Gasteiger partial charge in [0, 0.05) is 5.92 Å². The maximum Gasteiger partial charge on any atom is 0.633 e. The molecule has 0 aromatic heterocycles. The Labute approximate surface area is 178 Å². The molecule has 0 radical (unpaired) electrons. The van der Waals surface area contributed by atoms with Crippen LogP contribution in [0.2, 0.25) is 0 Å². The summed E-state index contributed by atoms with van der Waals surface area (Å²) in [6.45, 7) is 5.58. The smallest absolute Gasteiger partial charge is 0.493 e. The Kier molecular flexibility index (Phi) is 4.75. The van der Waals surface area contributed by atoms with Crippen LogP contribution in [0.1, 0.15) is 44.8 Å². The molecule has 0 spiro atoms. The van der Waals surface area contributed by atoms with Crippen molar-refractivity contribution in [2.75, 3.05) is 19.6 Å². The molecular weight excluding hydrogens is 381 g/mol. The summed E-state index contributed by atoms with van der Waals surface area (Å²) in [7, 11) is 3.28. The standard InChI is InChI=1S/C23H30BNO5/c1-23(2)17-10-9-16(18(23)11-17)12-25(3)13-19(26)29-24(30-20(27)14-25)22-21(28-22)15-7-5-4-6-8-15/h4-8,16-18,21-22H,3,9-14H2,1-2H3/t16-,17-,18-,21?,22?/m1/s1. The summed E-state index contributed by atoms with van der Waals surface area (Å²) in [5.41, 5.74) is 1.34. The highest BCUT2D eigenvalue weighted by molar-refractivity contribution is 6.51. The van der Waals surface area contributed by atoms with E-state index in [0.717, 1.165) is 17.9 Å². The summed E-state index contributed by atoms with van der Waals surface area (Å²) in [5, 5.41) is 0. The first-order chi connectivity index (χ1) is 14.2. The van der Waals surface area contributed by atoms with Crippen molar-refractivity contribution in [1.29, 1.82) is 0 Å². The molecular formula is C23H30BNO5. The SMILES string of the molecule is [CH2-][N+]1(C[C@H]2CC[C@@H]3C[C@H]2C3(C)C)CC(=O)OB(C2OC2c2ccccc2)OC(=O)C1. The van der Waals surface area contributed by atoms with Crippen molar-refractivity contribution in [1.82, 2.24) is 0 Å². The van der Waals surface area contributed by atoms with E-state index >= 15 is 0 Å². The lowest BCUT2D eigenvalue weighted by atomic mass is 9.45. The Bertz CT molecular complexity index is 821. The van der Waals surface area contributed by atoms with Gasteiger partial charge in [-0.25, -0.2) is 9.59 Å². The Morgan fingerprint density at radius 2 is 1.77 bits per heavy atom. The third-order valence-electron chi connectivity index (χ3n) is 7.97. The average molecular weight is 411 g/mol. The van der Waals surface area contributed by atoms with Crippen molar-refractivity contribution in [3.63, 3.8) is 0 Å². The molecule has 1 aromatic carbocycles. The monoisotopic (exact) mass is 411 g/mol. The quantitative estimate of drug-likeness (QED) is 0.330. The van der Waals surface area contributed by atoms with Gasteiger partial charge in [0.1, 0.15) is 6.10 Å². The zero-order chi connectivity index (χ0) is 21.1. The second-order valence-electron chi connectivity index (χ2n) is 10.3. The molecule has 2 bridgehead atoms. The topological polar surface area (TPSA) is 65.1 Å². The van der Waals surface area contributed by atoms with Crippen LogP contribution < -0.4 is 0 Å². The maximum absolute atomic E-state index is 12.7. The van der Waals surface area contributed by atoms with Crippen molar-refractivity contribution >= 4 is 19.1 Å². The van der Waals surface area contributed by atoms with Crippen molar-refractivity contribution < 1.29 is 28.1 Å². The number of rotatable bonds is 4. The molecule has 5 fully saturated rings. The van der Waals surface area contributed by atoms with Gasteiger partial charge in [-0.15, -0.1) is 7.05 Å². The fourth-order valence-corrected chi connectivity index (χ4v) is 6.14. The summed E-state index contributed by atoms with van der Waals surface area (Å²) in [6.07, 6.45) is 3.42. The lowest BCUT2D eigenvalue weighted by Gasteiger charge is -2.61. The zero-order valence-electron chi connectivity index (χ0n) is 17.8. The van der Waals surface area contributed by atoms with Gasteiger partial charge in [0.05, 0.1) is 6.54 Å². The second kappa shape index (κ2) is 7.09. The minimum absolute atomic E-state index is 0.0847. The van der Waals surface area contributed by atoms with E-state index in [0.29, 0.717) is 23.8 Å². The minimum atomic E-state index is -0.995. The molecule has 6 nitrogen and oxygen atoms in total. The highest BCUT2D eigenvalue weighted by atomic mass is 16.7. The molecule has 6 rings (SSSR count). The van der Waals surface area contributed by atoms with Crippen molar-refractivity contribution in [2.24, 2.45) is 23.2 Å². The molecule has 2 heterocycles. The van der Waals surface area contributed by atoms with E-state index in [2.05, 4.69) is 20.9 Å². The lowest BCUT2D eigenvalue weighted by molar-refractivity contribution is -0.876. The van der Waals surface area contributed by atoms with Crippen LogP contribution in [-0.2, 0) is 23.6 Å². The zero-order valence-corrected chi connectivity index (χ0v) is 17.8. The fourth-order valence-electron chi connectivity index (χ4n) is 6.14. The van der Waals surface area contributed by atoms with Crippen LogP contribution in [0.3, 0.4) is 0 Å². The van der Waals surface area contributed by atoms with E-state index in [4.69, 9.17) is 14.0 Å². The second-order valence-corrected chi connectivity index (χ2v) is 10.3. The third kappa shape index (κ3) is 3.56. The van der Waals surface area contributed by atoms with E-state index in [9.17, 15) is 9.59 Å². The molecule has 0 amide bonds. The Balaban J connectivity index is 1.24. The van der Waals surface area contributed by atoms with E-state index in [1.54, 1.807) is 0 Å². The number of hydrogen-bond acceptors (Lipinski definition) is 5. The Morgan fingerprint density at radius 1 is 1.10 bits per heavy atom. The van der Waals surface area contributed by atoms with Gasteiger partial charge in [0.2, 0.25) is 0 Å². The van der Waals surface area contributed by atoms with Gasteiger partial charge in [-0.2, -0.15) is 0 Å². The third-order valence-corrected chi connectivity index (χ3v) is 7.97. The normalized spacial score (nSPS) is 36.6. The number of fused-ring (bicyclic) bond motifs is 2. The number of ether oxygens (including phenoxy) is 1. The molecule has 30 heavy (non-hydrogen) atoms. The van der Waals surface area contributed by atoms with E-state index < -0.39 is 13.1 Å².